The Labute approximate surface area is 111 Å². The maximum atomic E-state index is 3.87. The summed E-state index contributed by atoms with van der Waals surface area (Å²) in [5.74, 6) is 0. The van der Waals surface area contributed by atoms with Crippen LogP contribution in [0.15, 0.2) is 30.3 Å². The van der Waals surface area contributed by atoms with Crippen molar-refractivity contribution in [3.05, 3.63) is 35.9 Å². The van der Waals surface area contributed by atoms with E-state index in [1.807, 2.05) is 0 Å². The lowest BCUT2D eigenvalue weighted by atomic mass is 9.69. The smallest absolute Gasteiger partial charge is 0.0208 e. The Morgan fingerprint density at radius 3 is 2.33 bits per heavy atom. The van der Waals surface area contributed by atoms with Gasteiger partial charge in [-0.1, -0.05) is 56.0 Å². The summed E-state index contributed by atoms with van der Waals surface area (Å²) < 4.78 is 0. The van der Waals surface area contributed by atoms with Crippen LogP contribution >= 0.6 is 0 Å². The summed E-state index contributed by atoms with van der Waals surface area (Å²) in [6.07, 6.45) is 11.6. The molecular weight excluding hydrogens is 218 g/mol. The molecule has 0 heterocycles. The zero-order valence-electron chi connectivity index (χ0n) is 11.3. The van der Waals surface area contributed by atoms with Gasteiger partial charge in [-0.05, 0) is 36.7 Å². The third-order valence-electron chi connectivity index (χ3n) is 5.15. The van der Waals surface area contributed by atoms with Crippen molar-refractivity contribution in [3.8, 4) is 0 Å². The van der Waals surface area contributed by atoms with Crippen LogP contribution in [-0.4, -0.2) is 6.04 Å². The lowest BCUT2D eigenvalue weighted by Gasteiger charge is -2.42. The number of nitrogens with one attached hydrogen (secondary N) is 1. The average Bonchev–Trinajstić information content (AvgIpc) is 2.88. The van der Waals surface area contributed by atoms with Crippen molar-refractivity contribution in [2.24, 2.45) is 5.41 Å². The van der Waals surface area contributed by atoms with Crippen LogP contribution in [0.2, 0.25) is 0 Å². The fourth-order valence-electron chi connectivity index (χ4n) is 4.14. The first-order valence-electron chi connectivity index (χ1n) is 7.66. The summed E-state index contributed by atoms with van der Waals surface area (Å²) in [5, 5.41) is 3.87. The van der Waals surface area contributed by atoms with Gasteiger partial charge in [-0.2, -0.15) is 0 Å². The first kappa shape index (κ1) is 12.2. The summed E-state index contributed by atoms with van der Waals surface area (Å²) >= 11 is 0. The van der Waals surface area contributed by atoms with Crippen molar-refractivity contribution >= 4 is 0 Å². The molecule has 98 valence electrons. The quantitative estimate of drug-likeness (QED) is 0.835. The van der Waals surface area contributed by atoms with Crippen LogP contribution in [0, 0.1) is 5.41 Å². The SMILES string of the molecule is c1ccc(CNC2CCCCC23CCCC3)cc1. The van der Waals surface area contributed by atoms with E-state index in [0.29, 0.717) is 5.41 Å². The molecule has 0 saturated heterocycles. The van der Waals surface area contributed by atoms with Gasteiger partial charge in [0.1, 0.15) is 0 Å². The second kappa shape index (κ2) is 5.44. The van der Waals surface area contributed by atoms with Gasteiger partial charge >= 0.3 is 0 Å². The molecule has 1 nitrogen and oxygen atoms in total. The van der Waals surface area contributed by atoms with Gasteiger partial charge in [0.2, 0.25) is 0 Å². The third-order valence-corrected chi connectivity index (χ3v) is 5.15. The van der Waals surface area contributed by atoms with Crippen molar-refractivity contribution in [1.82, 2.24) is 5.32 Å². The molecule has 18 heavy (non-hydrogen) atoms. The van der Waals surface area contributed by atoms with Crippen LogP contribution in [0.5, 0.6) is 0 Å². The van der Waals surface area contributed by atoms with Crippen molar-refractivity contribution in [2.45, 2.75) is 64.0 Å². The largest absolute Gasteiger partial charge is 0.309 e. The van der Waals surface area contributed by atoms with Crippen LogP contribution in [0.1, 0.15) is 56.9 Å². The maximum absolute atomic E-state index is 3.87. The number of benzene rings is 1. The average molecular weight is 243 g/mol. The fraction of sp³-hybridized carbons (Fsp3) is 0.647. The molecule has 3 rings (SSSR count). The standard InChI is InChI=1S/C17H25N/c1-2-8-15(9-3-1)14-18-16-10-4-5-11-17(16)12-6-7-13-17/h1-3,8-9,16,18H,4-7,10-14H2. The van der Waals surface area contributed by atoms with Gasteiger partial charge in [0.25, 0.3) is 0 Å². The van der Waals surface area contributed by atoms with Crippen LogP contribution in [-0.2, 0) is 6.54 Å². The molecule has 1 spiro atoms. The minimum absolute atomic E-state index is 0.660. The molecule has 2 aliphatic rings. The Morgan fingerprint density at radius 1 is 0.944 bits per heavy atom. The molecule has 0 aliphatic heterocycles. The predicted octanol–water partition coefficient (Wildman–Crippen LogP) is 4.28. The van der Waals surface area contributed by atoms with E-state index >= 15 is 0 Å². The van der Waals surface area contributed by atoms with E-state index in [1.54, 1.807) is 0 Å². The molecule has 2 saturated carbocycles. The number of rotatable bonds is 3. The lowest BCUT2D eigenvalue weighted by molar-refractivity contribution is 0.129. The summed E-state index contributed by atoms with van der Waals surface area (Å²) in [4.78, 5) is 0. The zero-order chi connectivity index (χ0) is 12.3. The van der Waals surface area contributed by atoms with Crippen LogP contribution in [0.3, 0.4) is 0 Å². The van der Waals surface area contributed by atoms with Gasteiger partial charge in [0.05, 0.1) is 0 Å². The predicted molar refractivity (Wildman–Crippen MR) is 76.4 cm³/mol. The Bertz CT molecular complexity index is 364. The lowest BCUT2D eigenvalue weighted by Crippen LogP contribution is -2.45. The second-order valence-electron chi connectivity index (χ2n) is 6.23. The molecule has 0 amide bonds. The van der Waals surface area contributed by atoms with Gasteiger partial charge in [0.15, 0.2) is 0 Å². The highest BCUT2D eigenvalue weighted by Gasteiger charge is 2.42. The third kappa shape index (κ3) is 2.47. The Hall–Kier alpha value is -0.820. The minimum Gasteiger partial charge on any atom is -0.309 e. The topological polar surface area (TPSA) is 12.0 Å². The van der Waals surface area contributed by atoms with E-state index < -0.39 is 0 Å². The molecule has 1 unspecified atom stereocenters. The van der Waals surface area contributed by atoms with Crippen LogP contribution < -0.4 is 5.32 Å². The summed E-state index contributed by atoms with van der Waals surface area (Å²) in [5.41, 5.74) is 2.09. The number of hydrogen-bond donors (Lipinski definition) is 1. The zero-order valence-corrected chi connectivity index (χ0v) is 11.3. The highest BCUT2D eigenvalue weighted by atomic mass is 14.9. The second-order valence-corrected chi connectivity index (χ2v) is 6.23. The highest BCUT2D eigenvalue weighted by Crippen LogP contribution is 2.49. The van der Waals surface area contributed by atoms with E-state index in [0.717, 1.165) is 12.6 Å². The molecule has 1 atom stereocenters. The molecule has 1 heteroatoms. The van der Waals surface area contributed by atoms with Gasteiger partial charge in [-0.3, -0.25) is 0 Å². The van der Waals surface area contributed by atoms with Gasteiger partial charge in [-0.25, -0.2) is 0 Å². The van der Waals surface area contributed by atoms with Crippen molar-refractivity contribution in [1.29, 1.82) is 0 Å². The van der Waals surface area contributed by atoms with Gasteiger partial charge in [0, 0.05) is 12.6 Å². The summed E-state index contributed by atoms with van der Waals surface area (Å²) in [6, 6.07) is 11.6. The Morgan fingerprint density at radius 2 is 1.61 bits per heavy atom. The molecule has 0 bridgehead atoms. The van der Waals surface area contributed by atoms with E-state index in [2.05, 4.69) is 35.6 Å². The molecule has 0 aromatic heterocycles. The highest BCUT2D eigenvalue weighted by molar-refractivity contribution is 5.14. The molecule has 1 aromatic carbocycles. The van der Waals surface area contributed by atoms with E-state index in [-0.39, 0.29) is 0 Å². The Kier molecular flexibility index (Phi) is 3.69. The van der Waals surface area contributed by atoms with Crippen molar-refractivity contribution < 1.29 is 0 Å². The first-order chi connectivity index (χ1) is 8.89. The van der Waals surface area contributed by atoms with E-state index in [9.17, 15) is 0 Å². The fourth-order valence-corrected chi connectivity index (χ4v) is 4.14. The maximum Gasteiger partial charge on any atom is 0.0208 e. The molecule has 2 fully saturated rings. The van der Waals surface area contributed by atoms with E-state index in [1.165, 1.54) is 56.9 Å². The molecule has 2 aliphatic carbocycles. The molecule has 1 aromatic rings. The molecular formula is C17H25N. The summed E-state index contributed by atoms with van der Waals surface area (Å²) in [6.45, 7) is 1.05. The Balaban J connectivity index is 1.63. The summed E-state index contributed by atoms with van der Waals surface area (Å²) in [7, 11) is 0. The normalized spacial score (nSPS) is 26.6. The number of hydrogen-bond acceptors (Lipinski definition) is 1. The first-order valence-corrected chi connectivity index (χ1v) is 7.66. The van der Waals surface area contributed by atoms with Crippen LogP contribution in [0.4, 0.5) is 0 Å². The van der Waals surface area contributed by atoms with Crippen molar-refractivity contribution in [3.63, 3.8) is 0 Å². The van der Waals surface area contributed by atoms with Crippen molar-refractivity contribution in [2.75, 3.05) is 0 Å². The van der Waals surface area contributed by atoms with Crippen LogP contribution in [0.25, 0.3) is 0 Å². The van der Waals surface area contributed by atoms with Gasteiger partial charge < -0.3 is 5.32 Å². The minimum atomic E-state index is 0.660. The van der Waals surface area contributed by atoms with Gasteiger partial charge in [-0.15, -0.1) is 0 Å². The molecule has 1 N–H and O–H groups in total. The van der Waals surface area contributed by atoms with E-state index in [4.69, 9.17) is 0 Å². The monoisotopic (exact) mass is 243 g/mol. The molecule has 0 radical (unpaired) electrons.